The molecule has 1 fully saturated rings. The van der Waals surface area contributed by atoms with Gasteiger partial charge < -0.3 is 4.74 Å². The highest BCUT2D eigenvalue weighted by Gasteiger charge is 2.30. The van der Waals surface area contributed by atoms with E-state index in [2.05, 4.69) is 37.1 Å². The molecule has 0 aromatic heterocycles. The number of hydrogen-bond donors (Lipinski definition) is 0. The zero-order chi connectivity index (χ0) is 10.4. The van der Waals surface area contributed by atoms with Crippen LogP contribution in [-0.4, -0.2) is 36.7 Å². The van der Waals surface area contributed by atoms with Gasteiger partial charge in [-0.15, -0.1) is 13.2 Å². The minimum atomic E-state index is 0.351. The second-order valence-electron chi connectivity index (χ2n) is 3.53. The van der Waals surface area contributed by atoms with Gasteiger partial charge in [-0.2, -0.15) is 0 Å². The van der Waals surface area contributed by atoms with Crippen LogP contribution in [-0.2, 0) is 4.74 Å². The molecule has 14 heavy (non-hydrogen) atoms. The van der Waals surface area contributed by atoms with Gasteiger partial charge in [0.1, 0.15) is 6.10 Å². The van der Waals surface area contributed by atoms with Gasteiger partial charge in [0, 0.05) is 19.6 Å². The molecular weight excluding hydrogens is 174 g/mol. The highest BCUT2D eigenvalue weighted by atomic mass is 16.6. The van der Waals surface area contributed by atoms with Crippen molar-refractivity contribution in [2.75, 3.05) is 19.6 Å². The van der Waals surface area contributed by atoms with E-state index in [0.717, 1.165) is 19.6 Å². The molecule has 1 aliphatic rings. The largest absolute Gasteiger partial charge is 0.365 e. The molecule has 2 unspecified atom stereocenters. The Morgan fingerprint density at radius 3 is 2.21 bits per heavy atom. The SMILES string of the molecule is C=CCN(CC=C)CC=CC1OC1C. The summed E-state index contributed by atoms with van der Waals surface area (Å²) in [5.74, 6) is 0. The summed E-state index contributed by atoms with van der Waals surface area (Å²) in [6.07, 6.45) is 8.87. The summed E-state index contributed by atoms with van der Waals surface area (Å²) >= 11 is 0. The van der Waals surface area contributed by atoms with Crippen LogP contribution in [0.1, 0.15) is 6.92 Å². The van der Waals surface area contributed by atoms with E-state index in [0.29, 0.717) is 12.2 Å². The average Bonchev–Trinajstić information content (AvgIpc) is 2.83. The first-order valence-electron chi connectivity index (χ1n) is 5.04. The predicted molar refractivity (Wildman–Crippen MR) is 60.3 cm³/mol. The molecule has 78 valence electrons. The van der Waals surface area contributed by atoms with Crippen LogP contribution in [0, 0.1) is 0 Å². The first-order chi connectivity index (χ1) is 6.77. The maximum absolute atomic E-state index is 5.27. The van der Waals surface area contributed by atoms with Crippen LogP contribution in [0.3, 0.4) is 0 Å². The molecule has 0 aliphatic carbocycles. The summed E-state index contributed by atoms with van der Waals surface area (Å²) in [5, 5.41) is 0. The fraction of sp³-hybridized carbons (Fsp3) is 0.500. The molecule has 0 aromatic carbocycles. The lowest BCUT2D eigenvalue weighted by Gasteiger charge is -2.15. The van der Waals surface area contributed by atoms with Crippen molar-refractivity contribution in [3.63, 3.8) is 0 Å². The number of rotatable bonds is 7. The quantitative estimate of drug-likeness (QED) is 0.454. The van der Waals surface area contributed by atoms with Crippen LogP contribution in [0.5, 0.6) is 0 Å². The molecule has 0 saturated carbocycles. The van der Waals surface area contributed by atoms with Crippen LogP contribution in [0.4, 0.5) is 0 Å². The predicted octanol–water partition coefficient (Wildman–Crippen LogP) is 2.00. The van der Waals surface area contributed by atoms with Crippen molar-refractivity contribution in [1.82, 2.24) is 4.90 Å². The molecule has 0 radical (unpaired) electrons. The van der Waals surface area contributed by atoms with Crippen LogP contribution in [0.15, 0.2) is 37.5 Å². The third-order valence-corrected chi connectivity index (χ3v) is 2.22. The van der Waals surface area contributed by atoms with Crippen molar-refractivity contribution >= 4 is 0 Å². The molecule has 0 aromatic rings. The van der Waals surface area contributed by atoms with Gasteiger partial charge >= 0.3 is 0 Å². The Kier molecular flexibility index (Phi) is 4.63. The van der Waals surface area contributed by atoms with E-state index in [-0.39, 0.29) is 0 Å². The fourth-order valence-corrected chi connectivity index (χ4v) is 1.34. The van der Waals surface area contributed by atoms with E-state index in [1.54, 1.807) is 0 Å². The molecule has 0 amide bonds. The molecule has 2 atom stereocenters. The third kappa shape index (κ3) is 3.90. The van der Waals surface area contributed by atoms with Gasteiger partial charge in [-0.3, -0.25) is 4.90 Å². The van der Waals surface area contributed by atoms with Crippen LogP contribution in [0.25, 0.3) is 0 Å². The van der Waals surface area contributed by atoms with Crippen molar-refractivity contribution in [3.05, 3.63) is 37.5 Å². The number of ether oxygens (including phenoxy) is 1. The van der Waals surface area contributed by atoms with E-state index in [9.17, 15) is 0 Å². The lowest BCUT2D eigenvalue weighted by molar-refractivity contribution is 0.371. The Morgan fingerprint density at radius 1 is 1.21 bits per heavy atom. The van der Waals surface area contributed by atoms with Gasteiger partial charge in [0.15, 0.2) is 0 Å². The fourth-order valence-electron chi connectivity index (χ4n) is 1.34. The summed E-state index contributed by atoms with van der Waals surface area (Å²) in [6.45, 7) is 12.3. The molecule has 1 rings (SSSR count). The summed E-state index contributed by atoms with van der Waals surface area (Å²) in [4.78, 5) is 2.25. The maximum Gasteiger partial charge on any atom is 0.102 e. The monoisotopic (exact) mass is 193 g/mol. The minimum Gasteiger partial charge on any atom is -0.365 e. The van der Waals surface area contributed by atoms with Gasteiger partial charge in [-0.25, -0.2) is 0 Å². The van der Waals surface area contributed by atoms with Crippen molar-refractivity contribution in [2.24, 2.45) is 0 Å². The lowest BCUT2D eigenvalue weighted by atomic mass is 10.3. The average molecular weight is 193 g/mol. The zero-order valence-corrected chi connectivity index (χ0v) is 8.86. The van der Waals surface area contributed by atoms with Crippen LogP contribution in [0.2, 0.25) is 0 Å². The molecule has 1 aliphatic heterocycles. The molecule has 0 N–H and O–H groups in total. The topological polar surface area (TPSA) is 15.8 Å². The Labute approximate surface area is 86.6 Å². The van der Waals surface area contributed by atoms with Gasteiger partial charge in [-0.05, 0) is 6.92 Å². The first kappa shape index (κ1) is 11.2. The Morgan fingerprint density at radius 2 is 1.79 bits per heavy atom. The highest BCUT2D eigenvalue weighted by Crippen LogP contribution is 2.21. The lowest BCUT2D eigenvalue weighted by Crippen LogP contribution is -2.23. The molecular formula is C12H19NO. The van der Waals surface area contributed by atoms with Gasteiger partial charge in [0.25, 0.3) is 0 Å². The third-order valence-electron chi connectivity index (χ3n) is 2.22. The molecule has 2 heteroatoms. The standard InChI is InChI=1S/C12H19NO/c1-4-8-13(9-5-2)10-6-7-12-11(3)14-12/h4-7,11-12H,1-2,8-10H2,3H3. The minimum absolute atomic E-state index is 0.351. The number of nitrogens with zero attached hydrogens (tertiary/aromatic N) is 1. The Balaban J connectivity index is 2.20. The van der Waals surface area contributed by atoms with Gasteiger partial charge in [0.2, 0.25) is 0 Å². The summed E-state index contributed by atoms with van der Waals surface area (Å²) < 4.78 is 5.27. The van der Waals surface area contributed by atoms with E-state index < -0.39 is 0 Å². The highest BCUT2D eigenvalue weighted by molar-refractivity contribution is 5.02. The van der Waals surface area contributed by atoms with E-state index in [1.807, 2.05) is 12.2 Å². The zero-order valence-electron chi connectivity index (χ0n) is 8.86. The number of epoxide rings is 1. The normalized spacial score (nSPS) is 25.6. The molecule has 0 spiro atoms. The van der Waals surface area contributed by atoms with Gasteiger partial charge in [0.05, 0.1) is 6.10 Å². The number of hydrogen-bond acceptors (Lipinski definition) is 2. The van der Waals surface area contributed by atoms with Crippen molar-refractivity contribution in [1.29, 1.82) is 0 Å². The van der Waals surface area contributed by atoms with Crippen molar-refractivity contribution in [2.45, 2.75) is 19.1 Å². The summed E-state index contributed by atoms with van der Waals surface area (Å²) in [7, 11) is 0. The van der Waals surface area contributed by atoms with Crippen molar-refractivity contribution in [3.8, 4) is 0 Å². The van der Waals surface area contributed by atoms with E-state index in [4.69, 9.17) is 4.74 Å². The van der Waals surface area contributed by atoms with Crippen LogP contribution < -0.4 is 0 Å². The van der Waals surface area contributed by atoms with Crippen molar-refractivity contribution < 1.29 is 4.74 Å². The maximum atomic E-state index is 5.27. The van der Waals surface area contributed by atoms with Gasteiger partial charge in [-0.1, -0.05) is 24.3 Å². The molecule has 1 saturated heterocycles. The second-order valence-corrected chi connectivity index (χ2v) is 3.53. The smallest absolute Gasteiger partial charge is 0.102 e. The molecule has 2 nitrogen and oxygen atoms in total. The summed E-state index contributed by atoms with van der Waals surface area (Å²) in [5.41, 5.74) is 0. The molecule has 1 heterocycles. The van der Waals surface area contributed by atoms with Crippen LogP contribution >= 0.6 is 0 Å². The summed E-state index contributed by atoms with van der Waals surface area (Å²) in [6, 6.07) is 0. The Hall–Kier alpha value is -0.860. The van der Waals surface area contributed by atoms with E-state index >= 15 is 0 Å². The van der Waals surface area contributed by atoms with E-state index in [1.165, 1.54) is 0 Å². The second kappa shape index (κ2) is 5.78. The first-order valence-corrected chi connectivity index (χ1v) is 5.04. The Bertz CT molecular complexity index is 212. The molecule has 0 bridgehead atoms.